The molecule has 2 N–H and O–H groups in total. The van der Waals surface area contributed by atoms with Gasteiger partial charge in [0.25, 0.3) is 5.91 Å². The number of nitrogens with zero attached hydrogens (tertiary/aromatic N) is 4. The molecule has 34 heavy (non-hydrogen) atoms. The van der Waals surface area contributed by atoms with Gasteiger partial charge in [-0.05, 0) is 86.3 Å². The maximum Gasteiger partial charge on any atom is 0.254 e. The Morgan fingerprint density at radius 2 is 1.94 bits per heavy atom. The third-order valence-corrected chi connectivity index (χ3v) is 8.79. The lowest BCUT2D eigenvalue weighted by molar-refractivity contribution is -0.115. The molecule has 1 unspecified atom stereocenters. The average Bonchev–Trinajstić information content (AvgIpc) is 2.85. The predicted molar refractivity (Wildman–Crippen MR) is 127 cm³/mol. The van der Waals surface area contributed by atoms with Gasteiger partial charge in [0.05, 0.1) is 30.0 Å². The van der Waals surface area contributed by atoms with Gasteiger partial charge in [-0.25, -0.2) is 9.97 Å². The second-order valence-electron chi connectivity index (χ2n) is 11.0. The van der Waals surface area contributed by atoms with E-state index in [2.05, 4.69) is 21.4 Å². The summed E-state index contributed by atoms with van der Waals surface area (Å²) < 4.78 is 0. The zero-order valence-electron chi connectivity index (χ0n) is 19.4. The minimum Gasteiger partial charge on any atom is -0.391 e. The Morgan fingerprint density at radius 1 is 1.21 bits per heavy atom. The van der Waals surface area contributed by atoms with Crippen molar-refractivity contribution in [1.29, 1.82) is 5.26 Å². The molecule has 4 saturated carbocycles. The molecule has 7 rings (SSSR count). The molecule has 176 valence electrons. The summed E-state index contributed by atoms with van der Waals surface area (Å²) in [5, 5.41) is 23.9. The summed E-state index contributed by atoms with van der Waals surface area (Å²) in [5.41, 5.74) is 2.96. The van der Waals surface area contributed by atoms with Crippen LogP contribution in [0.1, 0.15) is 65.7 Å². The molecule has 1 aromatic heterocycles. The second-order valence-corrected chi connectivity index (χ2v) is 11.0. The first-order valence-electron chi connectivity index (χ1n) is 12.6. The highest BCUT2D eigenvalue weighted by Gasteiger charge is 2.53. The number of hydrogen-bond donors (Lipinski definition) is 2. The smallest absolute Gasteiger partial charge is 0.254 e. The van der Waals surface area contributed by atoms with Crippen LogP contribution >= 0.6 is 0 Å². The number of anilines is 1. The summed E-state index contributed by atoms with van der Waals surface area (Å²) in [6.07, 6.45) is 9.48. The largest absolute Gasteiger partial charge is 0.391 e. The standard InChI is InChI=1S/C27H31N5O2/c28-13-17-2-1-3-21(9-17)26(34)32-5-4-22-23(15-32)30-16-31-25(22)29-14-24(33)27-10-18-6-19(11-27)8-20(7-18)12-27/h1-3,9,16,18-20,24,33H,4-8,10-12,14-15H2,(H,29,30,31). The Hall–Kier alpha value is -2.98. The van der Waals surface area contributed by atoms with Crippen LogP contribution in [0.25, 0.3) is 0 Å². The van der Waals surface area contributed by atoms with Gasteiger partial charge in [0, 0.05) is 24.2 Å². The first-order valence-corrected chi connectivity index (χ1v) is 12.6. The van der Waals surface area contributed by atoms with E-state index >= 15 is 0 Å². The number of nitriles is 1. The number of amides is 1. The van der Waals surface area contributed by atoms with E-state index in [1.807, 2.05) is 0 Å². The molecule has 5 aliphatic rings. The third-order valence-electron chi connectivity index (χ3n) is 8.79. The Labute approximate surface area is 200 Å². The van der Waals surface area contributed by atoms with E-state index < -0.39 is 0 Å². The van der Waals surface area contributed by atoms with E-state index in [-0.39, 0.29) is 17.4 Å². The zero-order chi connectivity index (χ0) is 23.3. The molecule has 4 bridgehead atoms. The van der Waals surface area contributed by atoms with E-state index in [1.54, 1.807) is 35.5 Å². The van der Waals surface area contributed by atoms with Crippen molar-refractivity contribution < 1.29 is 9.90 Å². The van der Waals surface area contributed by atoms with Crippen LogP contribution in [0.3, 0.4) is 0 Å². The summed E-state index contributed by atoms with van der Waals surface area (Å²) in [5.74, 6) is 3.13. The van der Waals surface area contributed by atoms with Crippen molar-refractivity contribution in [3.63, 3.8) is 0 Å². The Balaban J connectivity index is 1.14. The van der Waals surface area contributed by atoms with Crippen LogP contribution < -0.4 is 5.32 Å². The van der Waals surface area contributed by atoms with Gasteiger partial charge in [-0.15, -0.1) is 0 Å². The first-order chi connectivity index (χ1) is 16.5. The summed E-state index contributed by atoms with van der Waals surface area (Å²) in [6, 6.07) is 8.91. The van der Waals surface area contributed by atoms with Gasteiger partial charge < -0.3 is 15.3 Å². The van der Waals surface area contributed by atoms with Gasteiger partial charge in [0.1, 0.15) is 12.1 Å². The fourth-order valence-corrected chi connectivity index (χ4v) is 7.58. The maximum atomic E-state index is 13.0. The number of fused-ring (bicyclic) bond motifs is 1. The van der Waals surface area contributed by atoms with Crippen molar-refractivity contribution in [3.05, 3.63) is 53.0 Å². The predicted octanol–water partition coefficient (Wildman–Crippen LogP) is 3.54. The number of aromatic nitrogens is 2. The molecule has 0 saturated heterocycles. The average molecular weight is 458 g/mol. The van der Waals surface area contributed by atoms with E-state index in [0.717, 1.165) is 34.8 Å². The molecular formula is C27H31N5O2. The number of aliphatic hydroxyl groups is 1. The molecule has 1 aliphatic heterocycles. The van der Waals surface area contributed by atoms with Gasteiger partial charge >= 0.3 is 0 Å². The Kier molecular flexibility index (Phi) is 5.29. The molecule has 4 aliphatic carbocycles. The molecule has 1 amide bonds. The van der Waals surface area contributed by atoms with Gasteiger partial charge in [-0.1, -0.05) is 6.07 Å². The van der Waals surface area contributed by atoms with Gasteiger partial charge in [-0.2, -0.15) is 5.26 Å². The highest BCUT2D eigenvalue weighted by Crippen LogP contribution is 2.61. The lowest BCUT2D eigenvalue weighted by Crippen LogP contribution is -2.53. The fraction of sp³-hybridized carbons (Fsp3) is 0.556. The molecule has 2 heterocycles. The van der Waals surface area contributed by atoms with E-state index in [4.69, 9.17) is 5.26 Å². The number of benzene rings is 1. The van der Waals surface area contributed by atoms with E-state index in [1.165, 1.54) is 38.5 Å². The molecule has 7 heteroatoms. The molecular weight excluding hydrogens is 426 g/mol. The van der Waals surface area contributed by atoms with Crippen molar-refractivity contribution in [2.24, 2.45) is 23.2 Å². The number of aliphatic hydroxyl groups excluding tert-OH is 1. The highest BCUT2D eigenvalue weighted by atomic mass is 16.3. The van der Waals surface area contributed by atoms with Gasteiger partial charge in [0.15, 0.2) is 0 Å². The molecule has 7 nitrogen and oxygen atoms in total. The van der Waals surface area contributed by atoms with Crippen LogP contribution in [0.5, 0.6) is 0 Å². The number of carbonyl (C=O) groups excluding carboxylic acids is 1. The lowest BCUT2D eigenvalue weighted by Gasteiger charge is -2.58. The van der Waals surface area contributed by atoms with Crippen LogP contribution in [0.2, 0.25) is 0 Å². The molecule has 0 radical (unpaired) electrons. The maximum absolute atomic E-state index is 13.0. The van der Waals surface area contributed by atoms with Crippen molar-refractivity contribution in [2.45, 2.75) is 57.6 Å². The summed E-state index contributed by atoms with van der Waals surface area (Å²) >= 11 is 0. The Bertz CT molecular complexity index is 1120. The summed E-state index contributed by atoms with van der Waals surface area (Å²) in [7, 11) is 0. The molecule has 1 atom stereocenters. The lowest BCUT2D eigenvalue weighted by atomic mass is 9.48. The van der Waals surface area contributed by atoms with Gasteiger partial charge in [-0.3, -0.25) is 4.79 Å². The topological polar surface area (TPSA) is 102 Å². The van der Waals surface area contributed by atoms with Gasteiger partial charge in [0.2, 0.25) is 0 Å². The zero-order valence-corrected chi connectivity index (χ0v) is 19.4. The van der Waals surface area contributed by atoms with Crippen LogP contribution in [0, 0.1) is 34.5 Å². The number of nitrogens with one attached hydrogen (secondary N) is 1. The van der Waals surface area contributed by atoms with Crippen molar-refractivity contribution in [1.82, 2.24) is 14.9 Å². The molecule has 1 aromatic carbocycles. The number of rotatable bonds is 5. The van der Waals surface area contributed by atoms with Crippen molar-refractivity contribution in [2.75, 3.05) is 18.4 Å². The quantitative estimate of drug-likeness (QED) is 0.712. The van der Waals surface area contributed by atoms with Crippen LogP contribution in [-0.2, 0) is 13.0 Å². The van der Waals surface area contributed by atoms with Crippen molar-refractivity contribution >= 4 is 11.7 Å². The van der Waals surface area contributed by atoms with Crippen molar-refractivity contribution in [3.8, 4) is 6.07 Å². The summed E-state index contributed by atoms with van der Waals surface area (Å²) in [4.78, 5) is 23.7. The molecule has 2 aromatic rings. The SMILES string of the molecule is N#Cc1cccc(C(=O)N2CCc3c(ncnc3NCC(O)C34CC5CC(CC(C5)C3)C4)C2)c1. The fourth-order valence-electron chi connectivity index (χ4n) is 7.58. The molecule has 0 spiro atoms. The highest BCUT2D eigenvalue weighted by molar-refractivity contribution is 5.94. The minimum atomic E-state index is -0.361. The second kappa shape index (κ2) is 8.35. The minimum absolute atomic E-state index is 0.0794. The van der Waals surface area contributed by atoms with E-state index in [0.29, 0.717) is 37.2 Å². The van der Waals surface area contributed by atoms with Crippen LogP contribution in [-0.4, -0.2) is 45.1 Å². The first kappa shape index (κ1) is 21.5. The number of carbonyl (C=O) groups is 1. The number of hydrogen-bond acceptors (Lipinski definition) is 6. The third kappa shape index (κ3) is 3.74. The van der Waals surface area contributed by atoms with E-state index in [9.17, 15) is 9.90 Å². The summed E-state index contributed by atoms with van der Waals surface area (Å²) in [6.45, 7) is 1.50. The van der Waals surface area contributed by atoms with Crippen LogP contribution in [0.4, 0.5) is 5.82 Å². The normalized spacial score (nSPS) is 29.9. The van der Waals surface area contributed by atoms with Crippen LogP contribution in [0.15, 0.2) is 30.6 Å². The Morgan fingerprint density at radius 3 is 2.65 bits per heavy atom. The monoisotopic (exact) mass is 457 g/mol. The molecule has 4 fully saturated rings.